The van der Waals surface area contributed by atoms with Crippen molar-refractivity contribution < 1.29 is 9.53 Å². The molecule has 0 aliphatic carbocycles. The molecule has 0 unspecified atom stereocenters. The number of amides is 1. The van der Waals surface area contributed by atoms with Gasteiger partial charge in [0.2, 0.25) is 0 Å². The molecule has 1 aliphatic rings. The SMILES string of the molecule is CCn1ncc2c(NC3CCOCC3)c(C(=O)NCC(C)(C)C)cnc21. The lowest BCUT2D eigenvalue weighted by Crippen LogP contribution is -2.34. The first-order valence-corrected chi connectivity index (χ1v) is 9.36. The summed E-state index contributed by atoms with van der Waals surface area (Å²) in [5.74, 6) is -0.104. The Morgan fingerprint density at radius 2 is 2.04 bits per heavy atom. The normalized spacial score (nSPS) is 16.0. The van der Waals surface area contributed by atoms with Gasteiger partial charge < -0.3 is 15.4 Å². The van der Waals surface area contributed by atoms with E-state index in [9.17, 15) is 4.79 Å². The predicted molar refractivity (Wildman–Crippen MR) is 102 cm³/mol. The Morgan fingerprint density at radius 3 is 2.69 bits per heavy atom. The van der Waals surface area contributed by atoms with Crippen molar-refractivity contribution in [1.82, 2.24) is 20.1 Å². The average molecular weight is 359 g/mol. The molecule has 1 fully saturated rings. The summed E-state index contributed by atoms with van der Waals surface area (Å²) in [4.78, 5) is 17.3. The van der Waals surface area contributed by atoms with Crippen LogP contribution in [0.4, 0.5) is 5.69 Å². The summed E-state index contributed by atoms with van der Waals surface area (Å²) in [6.07, 6.45) is 5.31. The molecule has 7 nitrogen and oxygen atoms in total. The fourth-order valence-corrected chi connectivity index (χ4v) is 3.07. The monoisotopic (exact) mass is 359 g/mol. The van der Waals surface area contributed by atoms with Crippen LogP contribution >= 0.6 is 0 Å². The third-order valence-corrected chi connectivity index (χ3v) is 4.56. The molecule has 1 amide bonds. The zero-order valence-corrected chi connectivity index (χ0v) is 16.1. The molecule has 2 aromatic rings. The van der Waals surface area contributed by atoms with Crippen LogP contribution in [0.3, 0.4) is 0 Å². The van der Waals surface area contributed by atoms with Gasteiger partial charge in [0.05, 0.1) is 22.8 Å². The molecule has 1 saturated heterocycles. The van der Waals surface area contributed by atoms with Gasteiger partial charge in [0.25, 0.3) is 5.91 Å². The minimum atomic E-state index is -0.104. The lowest BCUT2D eigenvalue weighted by Gasteiger charge is -2.26. The van der Waals surface area contributed by atoms with Crippen LogP contribution < -0.4 is 10.6 Å². The van der Waals surface area contributed by atoms with Crippen molar-refractivity contribution in [1.29, 1.82) is 0 Å². The van der Waals surface area contributed by atoms with Crippen LogP contribution in [0.15, 0.2) is 12.4 Å². The standard InChI is InChI=1S/C19H29N5O2/c1-5-24-17-14(11-22-24)16(23-13-6-8-26-9-7-13)15(10-20-17)18(25)21-12-19(2,3)4/h10-11,13H,5-9,12H2,1-4H3,(H,20,23)(H,21,25). The molecule has 1 aliphatic heterocycles. The molecular formula is C19H29N5O2. The lowest BCUT2D eigenvalue weighted by atomic mass is 9.97. The quantitative estimate of drug-likeness (QED) is 0.858. The molecule has 0 radical (unpaired) electrons. The summed E-state index contributed by atoms with van der Waals surface area (Å²) in [6.45, 7) is 11.2. The van der Waals surface area contributed by atoms with Gasteiger partial charge in [0.1, 0.15) is 0 Å². The minimum absolute atomic E-state index is 0.0224. The molecule has 0 spiro atoms. The van der Waals surface area contributed by atoms with E-state index in [0.29, 0.717) is 12.1 Å². The van der Waals surface area contributed by atoms with Crippen molar-refractivity contribution in [2.75, 3.05) is 25.1 Å². The van der Waals surface area contributed by atoms with Crippen LogP contribution in [0, 0.1) is 5.41 Å². The van der Waals surface area contributed by atoms with Crippen molar-refractivity contribution in [3.05, 3.63) is 18.0 Å². The number of carbonyl (C=O) groups is 1. The van der Waals surface area contributed by atoms with Gasteiger partial charge in [-0.2, -0.15) is 5.10 Å². The highest BCUT2D eigenvalue weighted by Crippen LogP contribution is 2.28. The van der Waals surface area contributed by atoms with E-state index >= 15 is 0 Å². The number of rotatable bonds is 5. The Labute approximate surface area is 154 Å². The number of carbonyl (C=O) groups excluding carboxylic acids is 1. The number of nitrogens with zero attached hydrogens (tertiary/aromatic N) is 3. The summed E-state index contributed by atoms with van der Waals surface area (Å²) < 4.78 is 7.30. The van der Waals surface area contributed by atoms with E-state index in [2.05, 4.69) is 41.5 Å². The van der Waals surface area contributed by atoms with Crippen molar-refractivity contribution in [2.45, 2.75) is 53.1 Å². The number of hydrogen-bond donors (Lipinski definition) is 2. The van der Waals surface area contributed by atoms with E-state index in [1.165, 1.54) is 0 Å². The van der Waals surface area contributed by atoms with Crippen LogP contribution in [0.2, 0.25) is 0 Å². The number of aryl methyl sites for hydroxylation is 1. The molecule has 0 saturated carbocycles. The molecule has 2 aromatic heterocycles. The molecule has 7 heteroatoms. The third kappa shape index (κ3) is 4.15. The van der Waals surface area contributed by atoms with Crippen molar-refractivity contribution in [2.24, 2.45) is 5.41 Å². The molecular weight excluding hydrogens is 330 g/mol. The summed E-state index contributed by atoms with van der Waals surface area (Å²) >= 11 is 0. The van der Waals surface area contributed by atoms with Gasteiger partial charge in [-0.05, 0) is 25.2 Å². The second kappa shape index (κ2) is 7.61. The molecule has 142 valence electrons. The van der Waals surface area contributed by atoms with Crippen LogP contribution in [0.5, 0.6) is 0 Å². The minimum Gasteiger partial charge on any atom is -0.381 e. The van der Waals surface area contributed by atoms with Crippen LogP contribution in [0.25, 0.3) is 11.0 Å². The molecule has 2 N–H and O–H groups in total. The number of nitrogens with one attached hydrogen (secondary N) is 2. The van der Waals surface area contributed by atoms with Crippen molar-refractivity contribution in [3.63, 3.8) is 0 Å². The maximum atomic E-state index is 12.8. The van der Waals surface area contributed by atoms with Crippen molar-refractivity contribution in [3.8, 4) is 0 Å². The van der Waals surface area contributed by atoms with Gasteiger partial charge in [-0.1, -0.05) is 20.8 Å². The van der Waals surface area contributed by atoms with Crippen LogP contribution in [-0.4, -0.2) is 46.5 Å². The highest BCUT2D eigenvalue weighted by molar-refractivity contribution is 6.06. The molecule has 3 heterocycles. The summed E-state index contributed by atoms with van der Waals surface area (Å²) in [6, 6.07) is 0.286. The lowest BCUT2D eigenvalue weighted by molar-refractivity contribution is 0.0903. The molecule has 0 aromatic carbocycles. The highest BCUT2D eigenvalue weighted by atomic mass is 16.5. The maximum absolute atomic E-state index is 12.8. The van der Waals surface area contributed by atoms with Gasteiger partial charge in [-0.15, -0.1) is 0 Å². The zero-order chi connectivity index (χ0) is 18.7. The number of ether oxygens (including phenoxy) is 1. The molecule has 3 rings (SSSR count). The van der Waals surface area contributed by atoms with E-state index in [1.807, 2.05) is 11.6 Å². The van der Waals surface area contributed by atoms with Gasteiger partial charge >= 0.3 is 0 Å². The number of pyridine rings is 1. The second-order valence-electron chi connectivity index (χ2n) is 8.02. The number of anilines is 1. The Bertz CT molecular complexity index is 772. The third-order valence-electron chi connectivity index (χ3n) is 4.56. The smallest absolute Gasteiger partial charge is 0.255 e. The van der Waals surface area contributed by atoms with E-state index < -0.39 is 0 Å². The fourth-order valence-electron chi connectivity index (χ4n) is 3.07. The van der Waals surface area contributed by atoms with Gasteiger partial charge in [-0.3, -0.25) is 4.79 Å². The Hall–Kier alpha value is -2.15. The van der Waals surface area contributed by atoms with Crippen molar-refractivity contribution >= 4 is 22.6 Å². The first kappa shape index (κ1) is 18.6. The number of hydrogen-bond acceptors (Lipinski definition) is 5. The first-order chi connectivity index (χ1) is 12.4. The summed E-state index contributed by atoms with van der Waals surface area (Å²) in [5.41, 5.74) is 2.22. The topological polar surface area (TPSA) is 81.1 Å². The van der Waals surface area contributed by atoms with Gasteiger partial charge in [-0.25, -0.2) is 9.67 Å². The molecule has 0 atom stereocenters. The maximum Gasteiger partial charge on any atom is 0.255 e. The second-order valence-corrected chi connectivity index (χ2v) is 8.02. The van der Waals surface area contributed by atoms with E-state index in [0.717, 1.165) is 49.3 Å². The van der Waals surface area contributed by atoms with E-state index in [4.69, 9.17) is 4.74 Å². The molecule has 26 heavy (non-hydrogen) atoms. The Balaban J connectivity index is 1.95. The van der Waals surface area contributed by atoms with E-state index in [1.54, 1.807) is 12.4 Å². The van der Waals surface area contributed by atoms with Gasteiger partial charge in [0, 0.05) is 38.5 Å². The number of aromatic nitrogens is 3. The van der Waals surface area contributed by atoms with Crippen LogP contribution in [-0.2, 0) is 11.3 Å². The van der Waals surface area contributed by atoms with Gasteiger partial charge in [0.15, 0.2) is 5.65 Å². The fraction of sp³-hybridized carbons (Fsp3) is 0.632. The Kier molecular flexibility index (Phi) is 5.46. The molecule has 0 bridgehead atoms. The largest absolute Gasteiger partial charge is 0.381 e. The first-order valence-electron chi connectivity index (χ1n) is 9.36. The predicted octanol–water partition coefficient (Wildman–Crippen LogP) is 2.82. The summed E-state index contributed by atoms with van der Waals surface area (Å²) in [7, 11) is 0. The number of fused-ring (bicyclic) bond motifs is 1. The highest BCUT2D eigenvalue weighted by Gasteiger charge is 2.22. The Morgan fingerprint density at radius 1 is 1.31 bits per heavy atom. The van der Waals surface area contributed by atoms with E-state index in [-0.39, 0.29) is 17.4 Å². The summed E-state index contributed by atoms with van der Waals surface area (Å²) in [5, 5.41) is 11.9. The van der Waals surface area contributed by atoms with Crippen LogP contribution in [0.1, 0.15) is 50.9 Å². The zero-order valence-electron chi connectivity index (χ0n) is 16.1. The average Bonchev–Trinajstić information content (AvgIpc) is 3.04.